The van der Waals surface area contributed by atoms with Crippen LogP contribution in [0.4, 0.5) is 0 Å². The summed E-state index contributed by atoms with van der Waals surface area (Å²) in [4.78, 5) is 11.4. The van der Waals surface area contributed by atoms with E-state index in [4.69, 9.17) is 0 Å². The van der Waals surface area contributed by atoms with Crippen LogP contribution in [-0.4, -0.2) is 17.2 Å². The Morgan fingerprint density at radius 1 is 0.692 bits per heavy atom. The molecule has 0 aliphatic heterocycles. The first kappa shape index (κ1) is 22.5. The summed E-state index contributed by atoms with van der Waals surface area (Å²) in [6, 6.07) is 31.1. The molecule has 0 aliphatic carbocycles. The molecule has 0 amide bonds. The monoisotopic (exact) mass is 449 g/mol. The molecule has 26 heavy (non-hydrogen) atoms. The van der Waals surface area contributed by atoms with Crippen molar-refractivity contribution in [2.24, 2.45) is 0 Å². The summed E-state index contributed by atoms with van der Waals surface area (Å²) < 4.78 is 0. The smallest absolute Gasteiger partial charge is 0.307 e. The van der Waals surface area contributed by atoms with Crippen LogP contribution >= 0.6 is 34.1 Å². The van der Waals surface area contributed by atoms with Crippen molar-refractivity contribution in [3.8, 4) is 0 Å². The van der Waals surface area contributed by atoms with E-state index in [1.165, 1.54) is 15.9 Å². The van der Waals surface area contributed by atoms with Crippen molar-refractivity contribution in [1.29, 1.82) is 0 Å². The Hall–Kier alpha value is -1.53. The number of hydrogen-bond donors (Lipinski definition) is 1. The molecule has 0 saturated carbocycles. The van der Waals surface area contributed by atoms with Crippen molar-refractivity contribution in [3.05, 3.63) is 91.0 Å². The van der Waals surface area contributed by atoms with Crippen LogP contribution in [0.25, 0.3) is 0 Å². The number of benzene rings is 3. The molecule has 0 heterocycles. The Labute approximate surface area is 169 Å². The number of carboxylic acids is 1. The fraction of sp³-hybridized carbons (Fsp3) is 0.0952. The maximum absolute atomic E-state index is 11.4. The Balaban J connectivity index is 0.00000169. The van der Waals surface area contributed by atoms with Gasteiger partial charge in [-0.3, -0.25) is 4.79 Å². The minimum absolute atomic E-state index is 0. The highest BCUT2D eigenvalue weighted by molar-refractivity contribution is 8.93. The third-order valence-electron chi connectivity index (χ3n) is 4.25. The van der Waals surface area contributed by atoms with E-state index in [-0.39, 0.29) is 33.3 Å². The summed E-state index contributed by atoms with van der Waals surface area (Å²) in [7, 11) is -1.99. The van der Waals surface area contributed by atoms with E-state index in [9.17, 15) is 9.90 Å². The topological polar surface area (TPSA) is 37.3 Å². The molecule has 3 aromatic carbocycles. The van der Waals surface area contributed by atoms with E-state index in [2.05, 4.69) is 36.4 Å². The zero-order valence-electron chi connectivity index (χ0n) is 14.5. The first-order valence-electron chi connectivity index (χ1n) is 8.00. The second kappa shape index (κ2) is 10.6. The summed E-state index contributed by atoms with van der Waals surface area (Å²) in [6.07, 6.45) is 0.785. The van der Waals surface area contributed by atoms with E-state index >= 15 is 0 Å². The lowest BCUT2D eigenvalue weighted by Gasteiger charge is -2.27. The summed E-state index contributed by atoms with van der Waals surface area (Å²) in [5.74, 6) is -0.748. The van der Waals surface area contributed by atoms with Gasteiger partial charge in [0.1, 0.15) is 23.2 Å². The standard InChI is InChI=1S/C21H19O2P.BrH.H3P/c22-21(23)16-17-24(18-10-4-1-5-11-18,19-12-6-2-7-13-19)20-14-8-3-9-15-20;;/h1-15H,16-17H2;1H;1H3/p+1. The molecule has 3 aromatic rings. The van der Waals surface area contributed by atoms with Gasteiger partial charge in [0.2, 0.25) is 0 Å². The molecular formula is C21H24BrO2P2+. The highest BCUT2D eigenvalue weighted by Crippen LogP contribution is 2.55. The number of carboxylic acid groups (broad SMARTS) is 1. The fourth-order valence-electron chi connectivity index (χ4n) is 3.15. The number of aliphatic carboxylic acids is 1. The Morgan fingerprint density at radius 2 is 1.00 bits per heavy atom. The molecule has 0 saturated heterocycles. The molecule has 0 bridgehead atoms. The molecule has 1 atom stereocenters. The van der Waals surface area contributed by atoms with Gasteiger partial charge >= 0.3 is 5.97 Å². The Kier molecular flexibility index (Phi) is 9.16. The molecule has 136 valence electrons. The number of carbonyl (C=O) groups is 1. The van der Waals surface area contributed by atoms with Crippen LogP contribution in [0.3, 0.4) is 0 Å². The Morgan fingerprint density at radius 3 is 1.27 bits per heavy atom. The first-order chi connectivity index (χ1) is 11.7. The minimum atomic E-state index is -1.99. The predicted octanol–water partition coefficient (Wildman–Crippen LogP) is 4.09. The molecule has 0 spiro atoms. The molecular weight excluding hydrogens is 426 g/mol. The molecule has 0 aromatic heterocycles. The van der Waals surface area contributed by atoms with Gasteiger partial charge < -0.3 is 5.11 Å². The third-order valence-corrected chi connectivity index (χ3v) is 8.69. The molecule has 1 unspecified atom stereocenters. The van der Waals surface area contributed by atoms with Gasteiger partial charge in [0.05, 0.1) is 12.6 Å². The first-order valence-corrected chi connectivity index (χ1v) is 9.97. The average molecular weight is 450 g/mol. The molecule has 5 heteroatoms. The van der Waals surface area contributed by atoms with E-state index in [1.54, 1.807) is 0 Å². The lowest BCUT2D eigenvalue weighted by Crippen LogP contribution is -2.34. The second-order valence-corrected chi connectivity index (χ2v) is 9.30. The van der Waals surface area contributed by atoms with E-state index in [0.29, 0.717) is 6.16 Å². The van der Waals surface area contributed by atoms with Crippen molar-refractivity contribution in [2.45, 2.75) is 6.42 Å². The zero-order chi connectivity index (χ0) is 16.8. The van der Waals surface area contributed by atoms with Gasteiger partial charge in [0.25, 0.3) is 0 Å². The average Bonchev–Trinajstić information content (AvgIpc) is 2.65. The van der Waals surface area contributed by atoms with Gasteiger partial charge in [-0.2, -0.15) is 9.90 Å². The fourth-order valence-corrected chi connectivity index (χ4v) is 7.38. The molecule has 2 nitrogen and oxygen atoms in total. The number of halogens is 1. The van der Waals surface area contributed by atoms with E-state index in [0.717, 1.165) is 0 Å². The van der Waals surface area contributed by atoms with Crippen LogP contribution in [0.15, 0.2) is 91.0 Å². The number of hydrogen-bond acceptors (Lipinski definition) is 1. The highest BCUT2D eigenvalue weighted by atomic mass is 79.9. The van der Waals surface area contributed by atoms with Crippen molar-refractivity contribution in [1.82, 2.24) is 0 Å². The molecule has 3 rings (SSSR count). The van der Waals surface area contributed by atoms with Crippen molar-refractivity contribution < 1.29 is 9.90 Å². The zero-order valence-corrected chi connectivity index (χ0v) is 18.5. The van der Waals surface area contributed by atoms with E-state index < -0.39 is 13.2 Å². The molecule has 0 aliphatic rings. The summed E-state index contributed by atoms with van der Waals surface area (Å²) in [5.41, 5.74) is 0. The summed E-state index contributed by atoms with van der Waals surface area (Å²) in [5, 5.41) is 13.0. The summed E-state index contributed by atoms with van der Waals surface area (Å²) >= 11 is 0. The van der Waals surface area contributed by atoms with Crippen molar-refractivity contribution >= 4 is 56.0 Å². The molecule has 0 radical (unpaired) electrons. The van der Waals surface area contributed by atoms with Crippen LogP contribution in [-0.2, 0) is 4.79 Å². The third kappa shape index (κ3) is 4.80. The van der Waals surface area contributed by atoms with E-state index in [1.807, 2.05) is 54.6 Å². The van der Waals surface area contributed by atoms with Gasteiger partial charge in [-0.1, -0.05) is 54.6 Å². The van der Waals surface area contributed by atoms with Crippen LogP contribution < -0.4 is 15.9 Å². The van der Waals surface area contributed by atoms with Crippen LogP contribution in [0.2, 0.25) is 0 Å². The van der Waals surface area contributed by atoms with Crippen LogP contribution in [0, 0.1) is 0 Å². The van der Waals surface area contributed by atoms with Crippen molar-refractivity contribution in [3.63, 3.8) is 0 Å². The molecule has 1 N–H and O–H groups in total. The van der Waals surface area contributed by atoms with Gasteiger partial charge in [-0.15, -0.1) is 17.0 Å². The highest BCUT2D eigenvalue weighted by Gasteiger charge is 2.45. The van der Waals surface area contributed by atoms with Crippen LogP contribution in [0.5, 0.6) is 0 Å². The minimum Gasteiger partial charge on any atom is -0.481 e. The second-order valence-electron chi connectivity index (χ2n) is 5.68. The lowest BCUT2D eigenvalue weighted by molar-refractivity contribution is -0.136. The lowest BCUT2D eigenvalue weighted by atomic mass is 10.4. The quantitative estimate of drug-likeness (QED) is 0.575. The normalized spacial score (nSPS) is 10.3. The van der Waals surface area contributed by atoms with Crippen LogP contribution in [0.1, 0.15) is 6.42 Å². The van der Waals surface area contributed by atoms with Gasteiger partial charge in [-0.25, -0.2) is 0 Å². The predicted molar refractivity (Wildman–Crippen MR) is 124 cm³/mol. The maximum Gasteiger partial charge on any atom is 0.307 e. The Bertz CT molecular complexity index is 699. The largest absolute Gasteiger partial charge is 0.481 e. The number of rotatable bonds is 6. The molecule has 0 fully saturated rings. The summed E-state index contributed by atoms with van der Waals surface area (Å²) in [6.45, 7) is 0. The maximum atomic E-state index is 11.4. The van der Waals surface area contributed by atoms with Gasteiger partial charge in [-0.05, 0) is 36.4 Å². The van der Waals surface area contributed by atoms with Crippen molar-refractivity contribution in [2.75, 3.05) is 6.16 Å². The van der Waals surface area contributed by atoms with Gasteiger partial charge in [0.15, 0.2) is 0 Å². The SMILES string of the molecule is Br.O=C(O)CC[P+](c1ccccc1)(c1ccccc1)c1ccccc1.P. The van der Waals surface area contributed by atoms with Gasteiger partial charge in [0, 0.05) is 0 Å².